The van der Waals surface area contributed by atoms with Crippen LogP contribution in [0.25, 0.3) is 0 Å². The Morgan fingerprint density at radius 1 is 1.44 bits per heavy atom. The number of nitrogens with zero attached hydrogens (tertiary/aromatic N) is 2. The molecule has 1 N–H and O–H groups in total. The summed E-state index contributed by atoms with van der Waals surface area (Å²) in [5.41, 5.74) is 1.51. The Morgan fingerprint density at radius 2 is 2.17 bits per heavy atom. The second kappa shape index (κ2) is 6.08. The van der Waals surface area contributed by atoms with Crippen LogP contribution in [0.2, 0.25) is 5.02 Å². The first-order chi connectivity index (χ1) is 8.69. The molecule has 18 heavy (non-hydrogen) atoms. The molecule has 1 fully saturated rings. The summed E-state index contributed by atoms with van der Waals surface area (Å²) in [5.74, 6) is 0.724. The number of nitriles is 1. The highest BCUT2D eigenvalue weighted by Crippen LogP contribution is 2.21. The molecule has 0 unspecified atom stereocenters. The minimum absolute atomic E-state index is 0.516. The van der Waals surface area contributed by atoms with Gasteiger partial charge in [0.15, 0.2) is 0 Å². The van der Waals surface area contributed by atoms with E-state index < -0.39 is 0 Å². The summed E-state index contributed by atoms with van der Waals surface area (Å²) < 4.78 is 0. The zero-order valence-electron chi connectivity index (χ0n) is 10.6. The van der Waals surface area contributed by atoms with Gasteiger partial charge in [-0.25, -0.2) is 0 Å². The molecule has 1 aromatic carbocycles. The van der Waals surface area contributed by atoms with Gasteiger partial charge < -0.3 is 10.2 Å². The van der Waals surface area contributed by atoms with Gasteiger partial charge in [0.25, 0.3) is 0 Å². The number of hydrogen-bond acceptors (Lipinski definition) is 3. The summed E-state index contributed by atoms with van der Waals surface area (Å²) in [6.07, 6.45) is 2.48. The molecule has 0 amide bonds. The van der Waals surface area contributed by atoms with Crippen LogP contribution in [0.3, 0.4) is 0 Å². The third-order valence-electron chi connectivity index (χ3n) is 3.52. The van der Waals surface area contributed by atoms with Gasteiger partial charge in [-0.05, 0) is 57.1 Å². The predicted molar refractivity (Wildman–Crippen MR) is 74.9 cm³/mol. The lowest BCUT2D eigenvalue weighted by molar-refractivity contribution is 0.226. The van der Waals surface area contributed by atoms with Crippen molar-refractivity contribution in [1.29, 1.82) is 5.26 Å². The van der Waals surface area contributed by atoms with E-state index in [1.807, 2.05) is 12.1 Å². The lowest BCUT2D eigenvalue weighted by Gasteiger charge is -2.29. The molecule has 1 heterocycles. The summed E-state index contributed by atoms with van der Waals surface area (Å²) in [6.45, 7) is 3.33. The molecule has 0 aromatic heterocycles. The summed E-state index contributed by atoms with van der Waals surface area (Å²) >= 11 is 5.91. The van der Waals surface area contributed by atoms with Gasteiger partial charge in [0, 0.05) is 12.2 Å². The molecule has 0 radical (unpaired) electrons. The highest BCUT2D eigenvalue weighted by Gasteiger charge is 2.16. The third kappa shape index (κ3) is 3.38. The predicted octanol–water partition coefficient (Wildman–Crippen LogP) is 2.97. The Hall–Kier alpha value is -1.24. The first-order valence-electron chi connectivity index (χ1n) is 6.31. The summed E-state index contributed by atoms with van der Waals surface area (Å²) in [5, 5.41) is 12.8. The van der Waals surface area contributed by atoms with Crippen molar-refractivity contribution in [2.75, 3.05) is 32.0 Å². The molecular formula is C14H18ClN3. The van der Waals surface area contributed by atoms with Crippen LogP contribution in [-0.2, 0) is 0 Å². The Labute approximate surface area is 113 Å². The van der Waals surface area contributed by atoms with Crippen molar-refractivity contribution in [2.24, 2.45) is 5.92 Å². The topological polar surface area (TPSA) is 39.1 Å². The largest absolute Gasteiger partial charge is 0.385 e. The van der Waals surface area contributed by atoms with Crippen LogP contribution < -0.4 is 5.32 Å². The van der Waals surface area contributed by atoms with Gasteiger partial charge in [0.1, 0.15) is 6.07 Å². The Balaban J connectivity index is 1.89. The number of rotatable bonds is 3. The molecule has 3 nitrogen and oxygen atoms in total. The first kappa shape index (κ1) is 13.2. The molecule has 1 aliphatic heterocycles. The fraction of sp³-hybridized carbons (Fsp3) is 0.500. The van der Waals surface area contributed by atoms with Crippen molar-refractivity contribution in [3.05, 3.63) is 28.8 Å². The standard InChI is InChI=1S/C14H18ClN3/c1-18-6-4-11(5-7-18)10-17-13-2-3-14(15)12(8-13)9-16/h2-3,8,11,17H,4-7,10H2,1H3. The molecule has 1 aliphatic rings. The molecule has 0 spiro atoms. The van der Waals surface area contributed by atoms with Crippen LogP contribution in [0.15, 0.2) is 18.2 Å². The molecule has 2 rings (SSSR count). The summed E-state index contributed by atoms with van der Waals surface area (Å²) in [6, 6.07) is 7.62. The van der Waals surface area contributed by atoms with E-state index in [0.29, 0.717) is 10.6 Å². The van der Waals surface area contributed by atoms with Gasteiger partial charge in [-0.15, -0.1) is 0 Å². The van der Waals surface area contributed by atoms with Crippen LogP contribution in [0.4, 0.5) is 5.69 Å². The molecule has 96 valence electrons. The normalized spacial score (nSPS) is 17.4. The average Bonchev–Trinajstić information content (AvgIpc) is 2.39. The number of nitrogens with one attached hydrogen (secondary N) is 1. The van der Waals surface area contributed by atoms with E-state index in [0.717, 1.165) is 18.2 Å². The third-order valence-corrected chi connectivity index (χ3v) is 3.85. The van der Waals surface area contributed by atoms with Crippen molar-refractivity contribution in [3.8, 4) is 6.07 Å². The maximum atomic E-state index is 8.92. The number of benzene rings is 1. The molecule has 0 saturated carbocycles. The lowest BCUT2D eigenvalue weighted by Crippen LogP contribution is -2.32. The Bertz CT molecular complexity index is 445. The van der Waals surface area contributed by atoms with Crippen LogP contribution in [0.1, 0.15) is 18.4 Å². The molecule has 1 saturated heterocycles. The lowest BCUT2D eigenvalue weighted by atomic mass is 9.97. The van der Waals surface area contributed by atoms with Gasteiger partial charge in [0.05, 0.1) is 10.6 Å². The van der Waals surface area contributed by atoms with Crippen molar-refractivity contribution < 1.29 is 0 Å². The van der Waals surface area contributed by atoms with E-state index in [1.54, 1.807) is 6.07 Å². The highest BCUT2D eigenvalue weighted by molar-refractivity contribution is 6.31. The number of piperidine rings is 1. The van der Waals surface area contributed by atoms with E-state index in [4.69, 9.17) is 16.9 Å². The van der Waals surface area contributed by atoms with Crippen molar-refractivity contribution in [3.63, 3.8) is 0 Å². The molecule has 1 aromatic rings. The van der Waals surface area contributed by atoms with Gasteiger partial charge in [-0.1, -0.05) is 11.6 Å². The van der Waals surface area contributed by atoms with E-state index >= 15 is 0 Å². The van der Waals surface area contributed by atoms with Crippen LogP contribution in [0, 0.1) is 17.2 Å². The van der Waals surface area contributed by atoms with Crippen LogP contribution in [0.5, 0.6) is 0 Å². The maximum absolute atomic E-state index is 8.92. The maximum Gasteiger partial charge on any atom is 0.101 e. The quantitative estimate of drug-likeness (QED) is 0.911. The minimum Gasteiger partial charge on any atom is -0.385 e. The minimum atomic E-state index is 0.516. The second-order valence-corrected chi connectivity index (χ2v) is 5.34. The van der Waals surface area contributed by atoms with Gasteiger partial charge in [-0.2, -0.15) is 5.26 Å². The average molecular weight is 264 g/mol. The first-order valence-corrected chi connectivity index (χ1v) is 6.69. The number of hydrogen-bond donors (Lipinski definition) is 1. The SMILES string of the molecule is CN1CCC(CNc2ccc(Cl)c(C#N)c2)CC1. The summed E-state index contributed by atoms with van der Waals surface area (Å²) in [4.78, 5) is 2.37. The van der Waals surface area contributed by atoms with E-state index in [9.17, 15) is 0 Å². The molecule has 4 heteroatoms. The van der Waals surface area contributed by atoms with Crippen molar-refractivity contribution in [1.82, 2.24) is 4.90 Å². The van der Waals surface area contributed by atoms with Crippen LogP contribution in [-0.4, -0.2) is 31.6 Å². The van der Waals surface area contributed by atoms with Crippen LogP contribution >= 0.6 is 11.6 Å². The van der Waals surface area contributed by atoms with Gasteiger partial charge >= 0.3 is 0 Å². The fourth-order valence-corrected chi connectivity index (χ4v) is 2.41. The second-order valence-electron chi connectivity index (χ2n) is 4.93. The number of likely N-dealkylation sites (tertiary alicyclic amines) is 1. The molecule has 0 atom stereocenters. The monoisotopic (exact) mass is 263 g/mol. The van der Waals surface area contributed by atoms with Gasteiger partial charge in [-0.3, -0.25) is 0 Å². The van der Waals surface area contributed by atoms with Gasteiger partial charge in [0.2, 0.25) is 0 Å². The zero-order valence-corrected chi connectivity index (χ0v) is 11.4. The van der Waals surface area contributed by atoms with E-state index in [-0.39, 0.29) is 0 Å². The Kier molecular flexibility index (Phi) is 4.46. The molecule has 0 aliphatic carbocycles. The highest BCUT2D eigenvalue weighted by atomic mass is 35.5. The number of halogens is 1. The zero-order chi connectivity index (χ0) is 13.0. The smallest absolute Gasteiger partial charge is 0.101 e. The van der Waals surface area contributed by atoms with E-state index in [1.165, 1.54) is 25.9 Å². The Morgan fingerprint density at radius 3 is 2.83 bits per heavy atom. The summed E-state index contributed by atoms with van der Waals surface area (Å²) in [7, 11) is 2.17. The number of anilines is 1. The van der Waals surface area contributed by atoms with Crippen molar-refractivity contribution >= 4 is 17.3 Å². The van der Waals surface area contributed by atoms with E-state index in [2.05, 4.69) is 23.3 Å². The van der Waals surface area contributed by atoms with Crippen molar-refractivity contribution in [2.45, 2.75) is 12.8 Å². The molecular weight excluding hydrogens is 246 g/mol. The molecule has 0 bridgehead atoms. The fourth-order valence-electron chi connectivity index (χ4n) is 2.25.